The van der Waals surface area contributed by atoms with Crippen LogP contribution >= 0.6 is 0 Å². The van der Waals surface area contributed by atoms with Crippen LogP contribution in [0, 0.1) is 0 Å². The first-order valence-corrected chi connectivity index (χ1v) is 4.49. The van der Waals surface area contributed by atoms with Crippen molar-refractivity contribution in [1.29, 1.82) is 0 Å². The molecule has 0 saturated carbocycles. The SMILES string of the molecule is NCCN(CC(F)(F)F)c1ncc[nH]c1=O. The smallest absolute Gasteiger partial charge is 0.342 e. The van der Waals surface area contributed by atoms with E-state index in [1.165, 1.54) is 12.4 Å². The number of hydrogen-bond acceptors (Lipinski definition) is 4. The molecule has 0 amide bonds. The van der Waals surface area contributed by atoms with Gasteiger partial charge in [-0.3, -0.25) is 4.79 Å². The molecule has 0 spiro atoms. The summed E-state index contributed by atoms with van der Waals surface area (Å²) in [6, 6.07) is 0. The maximum Gasteiger partial charge on any atom is 0.405 e. The van der Waals surface area contributed by atoms with E-state index in [4.69, 9.17) is 5.73 Å². The van der Waals surface area contributed by atoms with E-state index in [1.807, 2.05) is 0 Å². The molecular weight excluding hydrogens is 225 g/mol. The van der Waals surface area contributed by atoms with Crippen molar-refractivity contribution >= 4 is 5.82 Å². The van der Waals surface area contributed by atoms with Crippen molar-refractivity contribution in [1.82, 2.24) is 9.97 Å². The van der Waals surface area contributed by atoms with Crippen molar-refractivity contribution in [2.45, 2.75) is 6.18 Å². The van der Waals surface area contributed by atoms with Gasteiger partial charge in [0.25, 0.3) is 5.56 Å². The minimum absolute atomic E-state index is 0.00605. The average molecular weight is 236 g/mol. The summed E-state index contributed by atoms with van der Waals surface area (Å²) in [5.41, 5.74) is 4.52. The van der Waals surface area contributed by atoms with Gasteiger partial charge in [0.15, 0.2) is 5.82 Å². The van der Waals surface area contributed by atoms with Crippen molar-refractivity contribution < 1.29 is 13.2 Å². The molecule has 3 N–H and O–H groups in total. The van der Waals surface area contributed by atoms with Crippen LogP contribution in [0.15, 0.2) is 17.2 Å². The molecule has 90 valence electrons. The van der Waals surface area contributed by atoms with Gasteiger partial charge in [-0.1, -0.05) is 0 Å². The van der Waals surface area contributed by atoms with Crippen LogP contribution in [-0.2, 0) is 0 Å². The summed E-state index contributed by atoms with van der Waals surface area (Å²) in [6.07, 6.45) is -1.93. The number of hydrogen-bond donors (Lipinski definition) is 2. The number of aromatic nitrogens is 2. The van der Waals surface area contributed by atoms with Gasteiger partial charge in [0, 0.05) is 25.5 Å². The molecule has 1 aromatic heterocycles. The molecule has 0 atom stereocenters. The fourth-order valence-corrected chi connectivity index (χ4v) is 1.20. The first-order valence-electron chi connectivity index (χ1n) is 4.49. The summed E-state index contributed by atoms with van der Waals surface area (Å²) in [5.74, 6) is -0.273. The number of H-pyrrole nitrogens is 1. The minimum atomic E-state index is -4.40. The first-order chi connectivity index (χ1) is 7.44. The summed E-state index contributed by atoms with van der Waals surface area (Å²) >= 11 is 0. The van der Waals surface area contributed by atoms with Crippen LogP contribution in [0.5, 0.6) is 0 Å². The van der Waals surface area contributed by atoms with E-state index in [9.17, 15) is 18.0 Å². The fraction of sp³-hybridized carbons (Fsp3) is 0.500. The summed E-state index contributed by atoms with van der Waals surface area (Å²) in [7, 11) is 0. The molecule has 1 aromatic rings. The van der Waals surface area contributed by atoms with Crippen LogP contribution < -0.4 is 16.2 Å². The Balaban J connectivity index is 2.94. The number of halogens is 3. The largest absolute Gasteiger partial charge is 0.405 e. The molecule has 0 unspecified atom stereocenters. The van der Waals surface area contributed by atoms with Gasteiger partial charge in [0.2, 0.25) is 0 Å². The van der Waals surface area contributed by atoms with Gasteiger partial charge in [-0.2, -0.15) is 13.2 Å². The lowest BCUT2D eigenvalue weighted by atomic mass is 10.4. The second kappa shape index (κ2) is 4.97. The summed E-state index contributed by atoms with van der Waals surface area (Å²) < 4.78 is 36.7. The van der Waals surface area contributed by atoms with Crippen LogP contribution in [0.25, 0.3) is 0 Å². The standard InChI is InChI=1S/C8H11F3N4O/c9-8(10,11)5-15(4-1-12)6-7(16)14-3-2-13-6/h2-3H,1,4-5,12H2,(H,14,16). The Morgan fingerprint density at radius 2 is 2.19 bits per heavy atom. The van der Waals surface area contributed by atoms with Gasteiger partial charge in [-0.05, 0) is 0 Å². The molecule has 1 rings (SSSR count). The molecule has 0 bridgehead atoms. The van der Waals surface area contributed by atoms with Crippen molar-refractivity contribution in [3.05, 3.63) is 22.7 Å². The Hall–Kier alpha value is -1.57. The van der Waals surface area contributed by atoms with E-state index in [-0.39, 0.29) is 18.9 Å². The highest BCUT2D eigenvalue weighted by Gasteiger charge is 2.31. The normalized spacial score (nSPS) is 11.5. The van der Waals surface area contributed by atoms with E-state index in [0.29, 0.717) is 0 Å². The monoisotopic (exact) mass is 236 g/mol. The summed E-state index contributed by atoms with van der Waals surface area (Å²) in [4.78, 5) is 17.9. The number of alkyl halides is 3. The third-order valence-electron chi connectivity index (χ3n) is 1.76. The fourth-order valence-electron chi connectivity index (χ4n) is 1.20. The van der Waals surface area contributed by atoms with E-state index in [0.717, 1.165) is 4.90 Å². The maximum absolute atomic E-state index is 12.2. The summed E-state index contributed by atoms with van der Waals surface area (Å²) in [5, 5.41) is 0. The molecule has 0 aliphatic carbocycles. The molecule has 8 heteroatoms. The van der Waals surface area contributed by atoms with Gasteiger partial charge < -0.3 is 15.6 Å². The minimum Gasteiger partial charge on any atom is -0.342 e. The Kier molecular flexibility index (Phi) is 3.88. The van der Waals surface area contributed by atoms with Crippen molar-refractivity contribution in [2.24, 2.45) is 5.73 Å². The van der Waals surface area contributed by atoms with E-state index >= 15 is 0 Å². The third kappa shape index (κ3) is 3.54. The highest BCUT2D eigenvalue weighted by atomic mass is 19.4. The molecule has 0 radical (unpaired) electrons. The van der Waals surface area contributed by atoms with E-state index in [1.54, 1.807) is 0 Å². The molecule has 1 heterocycles. The highest BCUT2D eigenvalue weighted by molar-refractivity contribution is 5.35. The Morgan fingerprint density at radius 1 is 1.50 bits per heavy atom. The highest BCUT2D eigenvalue weighted by Crippen LogP contribution is 2.18. The molecule has 0 fully saturated rings. The van der Waals surface area contributed by atoms with Crippen molar-refractivity contribution in [3.63, 3.8) is 0 Å². The average Bonchev–Trinajstić information content (AvgIpc) is 2.16. The molecule has 0 aliphatic rings. The predicted octanol–water partition coefficient (Wildman–Crippen LogP) is 0.0973. The maximum atomic E-state index is 12.2. The zero-order valence-electron chi connectivity index (χ0n) is 8.29. The number of nitrogens with two attached hydrogens (primary N) is 1. The van der Waals surface area contributed by atoms with Crippen molar-refractivity contribution in [3.8, 4) is 0 Å². The number of aromatic amines is 1. The quantitative estimate of drug-likeness (QED) is 0.777. The first kappa shape index (κ1) is 12.5. The third-order valence-corrected chi connectivity index (χ3v) is 1.76. The van der Waals surface area contributed by atoms with E-state index < -0.39 is 18.3 Å². The molecule has 5 nitrogen and oxygen atoms in total. The van der Waals surface area contributed by atoms with Crippen LogP contribution in [0.4, 0.5) is 19.0 Å². The van der Waals surface area contributed by atoms with Gasteiger partial charge in [0.05, 0.1) is 0 Å². The van der Waals surface area contributed by atoms with Gasteiger partial charge in [-0.25, -0.2) is 4.98 Å². The molecule has 0 aliphatic heterocycles. The lowest BCUT2D eigenvalue weighted by molar-refractivity contribution is -0.119. The Labute approximate surface area is 89.1 Å². The van der Waals surface area contributed by atoms with Gasteiger partial charge >= 0.3 is 6.18 Å². The zero-order valence-corrected chi connectivity index (χ0v) is 8.29. The van der Waals surface area contributed by atoms with Crippen LogP contribution in [-0.4, -0.2) is 35.8 Å². The van der Waals surface area contributed by atoms with Gasteiger partial charge in [-0.15, -0.1) is 0 Å². The summed E-state index contributed by atoms with van der Waals surface area (Å²) in [6.45, 7) is -1.32. The van der Waals surface area contributed by atoms with Crippen LogP contribution in [0.3, 0.4) is 0 Å². The predicted molar refractivity (Wildman–Crippen MR) is 52.2 cm³/mol. The molecule has 0 aromatic carbocycles. The van der Waals surface area contributed by atoms with Gasteiger partial charge in [0.1, 0.15) is 6.54 Å². The van der Waals surface area contributed by atoms with Crippen LogP contribution in [0.1, 0.15) is 0 Å². The topological polar surface area (TPSA) is 75.0 Å². The molecule has 16 heavy (non-hydrogen) atoms. The number of rotatable bonds is 4. The lowest BCUT2D eigenvalue weighted by Crippen LogP contribution is -2.41. The second-order valence-electron chi connectivity index (χ2n) is 3.07. The molecular formula is C8H11F3N4O. The molecule has 0 saturated heterocycles. The second-order valence-corrected chi connectivity index (χ2v) is 3.07. The Bertz CT molecular complexity index is 389. The van der Waals surface area contributed by atoms with Crippen molar-refractivity contribution in [2.75, 3.05) is 24.5 Å². The number of nitrogens with one attached hydrogen (secondary N) is 1. The Morgan fingerprint density at radius 3 is 2.69 bits per heavy atom. The van der Waals surface area contributed by atoms with E-state index in [2.05, 4.69) is 9.97 Å². The zero-order chi connectivity index (χ0) is 12.2. The number of nitrogens with zero attached hydrogens (tertiary/aromatic N) is 2. The van der Waals surface area contributed by atoms with Crippen LogP contribution in [0.2, 0.25) is 0 Å². The lowest BCUT2D eigenvalue weighted by Gasteiger charge is -2.22. The number of anilines is 1.